The van der Waals surface area contributed by atoms with Gasteiger partial charge in [-0.3, -0.25) is 9.59 Å². The van der Waals surface area contributed by atoms with Crippen LogP contribution in [0.2, 0.25) is 15.1 Å². The third-order valence-corrected chi connectivity index (χ3v) is 6.89. The van der Waals surface area contributed by atoms with Crippen LogP contribution in [-0.4, -0.2) is 28.8 Å². The van der Waals surface area contributed by atoms with Gasteiger partial charge in [0.1, 0.15) is 6.04 Å². The highest BCUT2D eigenvalue weighted by Crippen LogP contribution is 2.26. The number of rotatable bonds is 10. The smallest absolute Gasteiger partial charge is 0.243 e. The second kappa shape index (κ2) is 13.0. The summed E-state index contributed by atoms with van der Waals surface area (Å²) in [6, 6.07) is 21.4. The summed E-state index contributed by atoms with van der Waals surface area (Å²) in [4.78, 5) is 28.9. The fraction of sp³-hybridized carbons (Fsp3) is 0.286. The van der Waals surface area contributed by atoms with Gasteiger partial charge in [0.05, 0.1) is 6.42 Å². The van der Waals surface area contributed by atoms with Crippen molar-refractivity contribution in [3.63, 3.8) is 0 Å². The number of amides is 2. The van der Waals surface area contributed by atoms with Gasteiger partial charge in [0.25, 0.3) is 0 Å². The van der Waals surface area contributed by atoms with E-state index in [-0.39, 0.29) is 30.8 Å². The van der Waals surface area contributed by atoms with E-state index in [0.29, 0.717) is 27.1 Å². The zero-order valence-electron chi connectivity index (χ0n) is 19.8. The molecule has 0 aromatic heterocycles. The molecule has 0 aliphatic rings. The average Bonchev–Trinajstić information content (AvgIpc) is 2.85. The fourth-order valence-electron chi connectivity index (χ4n) is 3.74. The number of benzene rings is 3. The number of nitrogens with zero attached hydrogens (tertiary/aromatic N) is 1. The van der Waals surface area contributed by atoms with Gasteiger partial charge in [-0.2, -0.15) is 0 Å². The van der Waals surface area contributed by atoms with Crippen LogP contribution in [0.5, 0.6) is 0 Å². The van der Waals surface area contributed by atoms with Crippen molar-refractivity contribution in [1.82, 2.24) is 10.2 Å². The number of hydrogen-bond donors (Lipinski definition) is 1. The maximum Gasteiger partial charge on any atom is 0.243 e. The lowest BCUT2D eigenvalue weighted by Gasteiger charge is -2.32. The van der Waals surface area contributed by atoms with E-state index in [1.807, 2.05) is 56.3 Å². The van der Waals surface area contributed by atoms with E-state index in [0.717, 1.165) is 17.5 Å². The third-order valence-electron chi connectivity index (χ3n) is 5.93. The van der Waals surface area contributed by atoms with Gasteiger partial charge in [0.15, 0.2) is 0 Å². The largest absolute Gasteiger partial charge is 0.352 e. The molecule has 7 heteroatoms. The van der Waals surface area contributed by atoms with Gasteiger partial charge in [0, 0.05) is 34.1 Å². The molecule has 2 amide bonds. The Morgan fingerprint density at radius 3 is 2.09 bits per heavy atom. The molecule has 3 rings (SSSR count). The molecule has 0 heterocycles. The lowest BCUT2D eigenvalue weighted by molar-refractivity contribution is -0.141. The third kappa shape index (κ3) is 7.73. The number of carbonyl (C=O) groups is 2. The second-order valence-corrected chi connectivity index (χ2v) is 9.80. The normalized spacial score (nSPS) is 12.6. The van der Waals surface area contributed by atoms with Gasteiger partial charge in [-0.15, -0.1) is 0 Å². The van der Waals surface area contributed by atoms with Gasteiger partial charge in [0.2, 0.25) is 11.8 Å². The van der Waals surface area contributed by atoms with Crippen molar-refractivity contribution >= 4 is 46.6 Å². The van der Waals surface area contributed by atoms with Crippen molar-refractivity contribution in [3.05, 3.63) is 105 Å². The van der Waals surface area contributed by atoms with E-state index in [4.69, 9.17) is 34.8 Å². The van der Waals surface area contributed by atoms with Crippen molar-refractivity contribution in [3.8, 4) is 0 Å². The van der Waals surface area contributed by atoms with Crippen LogP contribution in [0.1, 0.15) is 37.0 Å². The monoisotopic (exact) mass is 530 g/mol. The Labute approximate surface area is 222 Å². The summed E-state index contributed by atoms with van der Waals surface area (Å²) in [5, 5.41) is 4.50. The standard InChI is InChI=1S/C28H29Cl3N2O2/c1-3-19(2)32-28(35)26(16-20-8-5-4-6-9-20)33(18-21-12-14-22(29)15-13-21)27(34)17-23-24(30)10-7-11-25(23)31/h4-15,19,26H,3,16-18H2,1-2H3,(H,32,35)/t19-,26-/m0/s1. The van der Waals surface area contributed by atoms with E-state index in [9.17, 15) is 9.59 Å². The van der Waals surface area contributed by atoms with Crippen molar-refractivity contribution in [2.45, 2.75) is 51.7 Å². The molecule has 0 fully saturated rings. The Hall–Kier alpha value is -2.53. The average molecular weight is 532 g/mol. The SMILES string of the molecule is CC[C@H](C)NC(=O)[C@H](Cc1ccccc1)N(Cc1ccc(Cl)cc1)C(=O)Cc1c(Cl)cccc1Cl. The Balaban J connectivity index is 2.00. The van der Waals surface area contributed by atoms with Crippen LogP contribution in [0.15, 0.2) is 72.8 Å². The molecule has 0 saturated carbocycles. The molecule has 35 heavy (non-hydrogen) atoms. The van der Waals surface area contributed by atoms with Crippen LogP contribution in [0.25, 0.3) is 0 Å². The molecule has 0 aliphatic heterocycles. The summed E-state index contributed by atoms with van der Waals surface area (Å²) < 4.78 is 0. The first kappa shape index (κ1) is 27.1. The van der Waals surface area contributed by atoms with E-state index in [2.05, 4.69) is 5.32 Å². The summed E-state index contributed by atoms with van der Waals surface area (Å²) in [7, 11) is 0. The predicted molar refractivity (Wildman–Crippen MR) is 144 cm³/mol. The van der Waals surface area contributed by atoms with Crippen LogP contribution in [0.3, 0.4) is 0 Å². The highest BCUT2D eigenvalue weighted by molar-refractivity contribution is 6.36. The molecule has 0 unspecified atom stereocenters. The quantitative estimate of drug-likeness (QED) is 0.315. The molecule has 2 atom stereocenters. The molecular formula is C28H29Cl3N2O2. The minimum absolute atomic E-state index is 0.0198. The predicted octanol–water partition coefficient (Wildman–Crippen LogP) is 6.74. The van der Waals surface area contributed by atoms with E-state index in [1.54, 1.807) is 35.2 Å². The molecule has 0 radical (unpaired) electrons. The van der Waals surface area contributed by atoms with Crippen molar-refractivity contribution in [2.75, 3.05) is 0 Å². The molecule has 0 spiro atoms. The van der Waals surface area contributed by atoms with Crippen LogP contribution in [-0.2, 0) is 29.0 Å². The Morgan fingerprint density at radius 1 is 0.857 bits per heavy atom. The summed E-state index contributed by atoms with van der Waals surface area (Å²) in [5.74, 6) is -0.439. The summed E-state index contributed by atoms with van der Waals surface area (Å²) in [5.41, 5.74) is 2.37. The van der Waals surface area contributed by atoms with Crippen molar-refractivity contribution in [2.24, 2.45) is 0 Å². The number of halogens is 3. The first-order chi connectivity index (χ1) is 16.8. The maximum absolute atomic E-state index is 13.8. The van der Waals surface area contributed by atoms with Crippen molar-refractivity contribution in [1.29, 1.82) is 0 Å². The Bertz CT molecular complexity index is 1120. The van der Waals surface area contributed by atoms with Gasteiger partial charge in [-0.1, -0.05) is 90.3 Å². The minimum Gasteiger partial charge on any atom is -0.352 e. The summed E-state index contributed by atoms with van der Waals surface area (Å²) >= 11 is 18.8. The Kier molecular flexibility index (Phi) is 10.0. The van der Waals surface area contributed by atoms with E-state index >= 15 is 0 Å². The molecule has 0 bridgehead atoms. The van der Waals surface area contributed by atoms with E-state index in [1.165, 1.54) is 0 Å². The lowest BCUT2D eigenvalue weighted by atomic mass is 10.0. The minimum atomic E-state index is -0.726. The fourth-order valence-corrected chi connectivity index (χ4v) is 4.39. The first-order valence-corrected chi connectivity index (χ1v) is 12.7. The molecule has 0 aliphatic carbocycles. The number of nitrogens with one attached hydrogen (secondary N) is 1. The van der Waals surface area contributed by atoms with Gasteiger partial charge < -0.3 is 10.2 Å². The van der Waals surface area contributed by atoms with Gasteiger partial charge in [-0.05, 0) is 54.3 Å². The zero-order valence-corrected chi connectivity index (χ0v) is 22.1. The highest BCUT2D eigenvalue weighted by Gasteiger charge is 2.31. The molecule has 4 nitrogen and oxygen atoms in total. The van der Waals surface area contributed by atoms with Crippen molar-refractivity contribution < 1.29 is 9.59 Å². The van der Waals surface area contributed by atoms with Gasteiger partial charge >= 0.3 is 0 Å². The van der Waals surface area contributed by atoms with E-state index < -0.39 is 6.04 Å². The summed E-state index contributed by atoms with van der Waals surface area (Å²) in [6.45, 7) is 4.20. The highest BCUT2D eigenvalue weighted by atomic mass is 35.5. The molecule has 3 aromatic carbocycles. The Morgan fingerprint density at radius 2 is 1.49 bits per heavy atom. The molecule has 3 aromatic rings. The van der Waals surface area contributed by atoms with Crippen LogP contribution < -0.4 is 5.32 Å². The summed E-state index contributed by atoms with van der Waals surface area (Å²) in [6.07, 6.45) is 1.14. The first-order valence-electron chi connectivity index (χ1n) is 11.6. The molecule has 0 saturated heterocycles. The second-order valence-electron chi connectivity index (χ2n) is 8.55. The topological polar surface area (TPSA) is 49.4 Å². The maximum atomic E-state index is 13.8. The molecule has 1 N–H and O–H groups in total. The van der Waals surface area contributed by atoms with Crippen LogP contribution >= 0.6 is 34.8 Å². The number of hydrogen-bond acceptors (Lipinski definition) is 2. The lowest BCUT2D eigenvalue weighted by Crippen LogP contribution is -2.52. The molecule has 184 valence electrons. The van der Waals surface area contributed by atoms with Crippen LogP contribution in [0, 0.1) is 0 Å². The molecular weight excluding hydrogens is 503 g/mol. The van der Waals surface area contributed by atoms with Crippen LogP contribution in [0.4, 0.5) is 0 Å². The zero-order chi connectivity index (χ0) is 25.4. The number of carbonyl (C=O) groups excluding carboxylic acids is 2. The van der Waals surface area contributed by atoms with Gasteiger partial charge in [-0.25, -0.2) is 0 Å².